The predicted octanol–water partition coefficient (Wildman–Crippen LogP) is 5.12. The van der Waals surface area contributed by atoms with Crippen molar-refractivity contribution in [3.63, 3.8) is 0 Å². The lowest BCUT2D eigenvalue weighted by Crippen LogP contribution is -2.18. The summed E-state index contributed by atoms with van der Waals surface area (Å²) in [6, 6.07) is 15.3. The van der Waals surface area contributed by atoms with E-state index in [1.54, 1.807) is 25.3 Å². The van der Waals surface area contributed by atoms with Crippen molar-refractivity contribution in [2.24, 2.45) is 0 Å². The lowest BCUT2D eigenvalue weighted by Gasteiger charge is -2.16. The van der Waals surface area contributed by atoms with E-state index in [0.29, 0.717) is 16.5 Å². The topological polar surface area (TPSA) is 65.4 Å². The first kappa shape index (κ1) is 21.7. The van der Waals surface area contributed by atoms with Crippen molar-refractivity contribution in [3.05, 3.63) is 59.8 Å². The standard InChI is InChI=1S/C23H24ClN3O3S/c1-29-21-10-9-17(24)12-19(21)26-22(28)15-31-23-25-13-20(16-6-3-2-4-7-16)27(23)14-18-8-5-11-30-18/h2-4,6-7,9-10,12-13,18H,5,8,11,14-15H2,1H3,(H,26,28)/t18-/m0/s1. The van der Waals surface area contributed by atoms with Gasteiger partial charge >= 0.3 is 0 Å². The molecule has 31 heavy (non-hydrogen) atoms. The molecule has 0 saturated carbocycles. The number of anilines is 1. The summed E-state index contributed by atoms with van der Waals surface area (Å²) in [7, 11) is 1.56. The van der Waals surface area contributed by atoms with Crippen molar-refractivity contribution in [1.29, 1.82) is 0 Å². The molecule has 1 amide bonds. The van der Waals surface area contributed by atoms with Gasteiger partial charge in [0, 0.05) is 11.6 Å². The van der Waals surface area contributed by atoms with Crippen molar-refractivity contribution in [3.8, 4) is 17.0 Å². The zero-order valence-corrected chi connectivity index (χ0v) is 18.8. The van der Waals surface area contributed by atoms with Gasteiger partial charge in [0.1, 0.15) is 5.75 Å². The fourth-order valence-electron chi connectivity index (χ4n) is 3.58. The van der Waals surface area contributed by atoms with Gasteiger partial charge in [-0.3, -0.25) is 4.79 Å². The van der Waals surface area contributed by atoms with Gasteiger partial charge in [-0.1, -0.05) is 53.7 Å². The second kappa shape index (κ2) is 10.2. The van der Waals surface area contributed by atoms with Crippen molar-refractivity contribution in [2.45, 2.75) is 30.6 Å². The van der Waals surface area contributed by atoms with E-state index >= 15 is 0 Å². The van der Waals surface area contributed by atoms with Gasteiger partial charge in [0.2, 0.25) is 5.91 Å². The summed E-state index contributed by atoms with van der Waals surface area (Å²) >= 11 is 7.46. The summed E-state index contributed by atoms with van der Waals surface area (Å²) in [5.74, 6) is 0.624. The third kappa shape index (κ3) is 5.42. The van der Waals surface area contributed by atoms with Crippen LogP contribution in [-0.4, -0.2) is 41.0 Å². The molecule has 1 aliphatic heterocycles. The molecule has 0 radical (unpaired) electrons. The highest BCUT2D eigenvalue weighted by Crippen LogP contribution is 2.30. The number of amides is 1. The van der Waals surface area contributed by atoms with Crippen LogP contribution in [0.5, 0.6) is 5.75 Å². The first-order valence-corrected chi connectivity index (χ1v) is 11.5. The molecule has 0 bridgehead atoms. The molecule has 0 spiro atoms. The maximum atomic E-state index is 12.6. The van der Waals surface area contributed by atoms with Crippen LogP contribution in [0.3, 0.4) is 0 Å². The van der Waals surface area contributed by atoms with Crippen LogP contribution in [0.2, 0.25) is 5.02 Å². The van der Waals surface area contributed by atoms with Gasteiger partial charge < -0.3 is 19.4 Å². The van der Waals surface area contributed by atoms with Crippen molar-refractivity contribution < 1.29 is 14.3 Å². The number of hydrogen-bond acceptors (Lipinski definition) is 5. The van der Waals surface area contributed by atoms with Gasteiger partial charge in [-0.05, 0) is 36.6 Å². The molecule has 1 atom stereocenters. The quantitative estimate of drug-likeness (QED) is 0.475. The Morgan fingerprint density at radius 3 is 2.90 bits per heavy atom. The van der Waals surface area contributed by atoms with Gasteiger partial charge in [0.05, 0.1) is 43.1 Å². The Kier molecular flexibility index (Phi) is 7.17. The number of halogens is 1. The molecule has 1 fully saturated rings. The lowest BCUT2D eigenvalue weighted by atomic mass is 10.1. The number of hydrogen-bond donors (Lipinski definition) is 1. The van der Waals surface area contributed by atoms with Crippen LogP contribution in [0, 0.1) is 0 Å². The lowest BCUT2D eigenvalue weighted by molar-refractivity contribution is -0.113. The second-order valence-corrected chi connectivity index (χ2v) is 8.60. The third-order valence-corrected chi connectivity index (χ3v) is 6.29. The molecule has 8 heteroatoms. The highest BCUT2D eigenvalue weighted by atomic mass is 35.5. The molecule has 6 nitrogen and oxygen atoms in total. The molecule has 4 rings (SSSR count). The number of rotatable bonds is 8. The molecule has 1 aliphatic rings. The average molecular weight is 458 g/mol. The normalized spacial score (nSPS) is 15.7. The van der Waals surface area contributed by atoms with Gasteiger partial charge in [-0.25, -0.2) is 4.98 Å². The minimum Gasteiger partial charge on any atom is -0.495 e. The summed E-state index contributed by atoms with van der Waals surface area (Å²) in [6.45, 7) is 1.52. The van der Waals surface area contributed by atoms with Gasteiger partial charge in [-0.2, -0.15) is 0 Å². The van der Waals surface area contributed by atoms with E-state index in [0.717, 1.165) is 42.4 Å². The summed E-state index contributed by atoms with van der Waals surface area (Å²) in [5, 5.41) is 4.20. The fourth-order valence-corrected chi connectivity index (χ4v) is 4.54. The monoisotopic (exact) mass is 457 g/mol. The number of carbonyl (C=O) groups is 1. The Morgan fingerprint density at radius 2 is 2.16 bits per heavy atom. The predicted molar refractivity (Wildman–Crippen MR) is 124 cm³/mol. The molecule has 3 aromatic rings. The molecule has 1 N–H and O–H groups in total. The molecule has 2 heterocycles. The van der Waals surface area contributed by atoms with Crippen LogP contribution in [0.4, 0.5) is 5.69 Å². The van der Waals surface area contributed by atoms with Crippen LogP contribution in [-0.2, 0) is 16.1 Å². The molecular formula is C23H24ClN3O3S. The van der Waals surface area contributed by atoms with E-state index in [4.69, 9.17) is 21.1 Å². The summed E-state index contributed by atoms with van der Waals surface area (Å²) < 4.78 is 13.3. The molecule has 2 aromatic carbocycles. The highest BCUT2D eigenvalue weighted by molar-refractivity contribution is 7.99. The number of aromatic nitrogens is 2. The van der Waals surface area contributed by atoms with Crippen LogP contribution in [0.15, 0.2) is 59.9 Å². The van der Waals surface area contributed by atoms with Crippen LogP contribution >= 0.6 is 23.4 Å². The van der Waals surface area contributed by atoms with Gasteiger partial charge in [-0.15, -0.1) is 0 Å². The molecule has 162 valence electrons. The SMILES string of the molecule is COc1ccc(Cl)cc1NC(=O)CSc1ncc(-c2ccccc2)n1C[C@@H]1CCCO1. The molecule has 0 aliphatic carbocycles. The average Bonchev–Trinajstić information content (AvgIpc) is 3.43. The summed E-state index contributed by atoms with van der Waals surface area (Å²) in [5.41, 5.74) is 2.66. The fraction of sp³-hybridized carbons (Fsp3) is 0.304. The number of carbonyl (C=O) groups excluding carboxylic acids is 1. The highest BCUT2D eigenvalue weighted by Gasteiger charge is 2.21. The minimum atomic E-state index is -0.154. The van der Waals surface area contributed by atoms with Crippen molar-refractivity contribution in [2.75, 3.05) is 24.8 Å². The Labute approximate surface area is 190 Å². The Morgan fingerprint density at radius 1 is 1.32 bits per heavy atom. The zero-order valence-electron chi connectivity index (χ0n) is 17.2. The van der Waals surface area contributed by atoms with Crippen molar-refractivity contribution >= 4 is 35.0 Å². The van der Waals surface area contributed by atoms with Crippen LogP contribution in [0.1, 0.15) is 12.8 Å². The van der Waals surface area contributed by atoms with Crippen LogP contribution in [0.25, 0.3) is 11.3 Å². The van der Waals surface area contributed by atoms with E-state index in [1.165, 1.54) is 11.8 Å². The largest absolute Gasteiger partial charge is 0.495 e. The maximum Gasteiger partial charge on any atom is 0.234 e. The first-order valence-electron chi connectivity index (χ1n) is 10.1. The molecular weight excluding hydrogens is 434 g/mol. The first-order chi connectivity index (χ1) is 15.1. The number of benzene rings is 2. The molecule has 1 saturated heterocycles. The number of nitrogens with zero attached hydrogens (tertiary/aromatic N) is 2. The minimum absolute atomic E-state index is 0.154. The summed E-state index contributed by atoms with van der Waals surface area (Å²) in [6.07, 6.45) is 4.14. The number of nitrogens with one attached hydrogen (secondary N) is 1. The Balaban J connectivity index is 1.49. The zero-order chi connectivity index (χ0) is 21.6. The Hall–Kier alpha value is -2.48. The van der Waals surface area contributed by atoms with Gasteiger partial charge in [0.25, 0.3) is 0 Å². The maximum absolute atomic E-state index is 12.6. The van der Waals surface area contributed by atoms with E-state index in [1.807, 2.05) is 24.4 Å². The third-order valence-electron chi connectivity index (χ3n) is 5.07. The number of thioether (sulfide) groups is 1. The smallest absolute Gasteiger partial charge is 0.234 e. The molecule has 1 aromatic heterocycles. The van der Waals surface area contributed by atoms with E-state index < -0.39 is 0 Å². The van der Waals surface area contributed by atoms with Crippen molar-refractivity contribution in [1.82, 2.24) is 9.55 Å². The van der Waals surface area contributed by atoms with Crippen LogP contribution < -0.4 is 10.1 Å². The number of imidazole rings is 1. The number of ether oxygens (including phenoxy) is 2. The molecule has 0 unspecified atom stereocenters. The summed E-state index contributed by atoms with van der Waals surface area (Å²) in [4.78, 5) is 17.2. The van der Waals surface area contributed by atoms with E-state index in [-0.39, 0.29) is 17.8 Å². The Bertz CT molecular complexity index is 1040. The second-order valence-electron chi connectivity index (χ2n) is 7.22. The van der Waals surface area contributed by atoms with E-state index in [2.05, 4.69) is 27.0 Å². The van der Waals surface area contributed by atoms with Gasteiger partial charge in [0.15, 0.2) is 5.16 Å². The van der Waals surface area contributed by atoms with E-state index in [9.17, 15) is 4.79 Å². The number of methoxy groups -OCH3 is 1.